The monoisotopic (exact) mass is 399 g/mol. The fourth-order valence-corrected chi connectivity index (χ4v) is 5.07. The molecule has 0 saturated carbocycles. The van der Waals surface area contributed by atoms with Crippen LogP contribution in [0, 0.1) is 0 Å². The maximum Gasteiger partial charge on any atom is 0.254 e. The van der Waals surface area contributed by atoms with Crippen LogP contribution in [0.1, 0.15) is 32.4 Å². The standard InChI is InChI=1S/C25H21NO2S/c1-28-21-10-8-18(9-11-21)24-22-13-15-29-23(22)12-14-26(24)25(27)20-7-6-17-4-2-3-5-19(17)16-20/h2-11,13,15-16,24H,12,14H2,1H3. The van der Waals surface area contributed by atoms with Crippen LogP contribution < -0.4 is 4.74 Å². The minimum Gasteiger partial charge on any atom is -0.497 e. The van der Waals surface area contributed by atoms with Crippen LogP contribution in [0.15, 0.2) is 78.2 Å². The van der Waals surface area contributed by atoms with Gasteiger partial charge in [0.15, 0.2) is 0 Å². The first kappa shape index (κ1) is 18.0. The van der Waals surface area contributed by atoms with Crippen LogP contribution in [0.4, 0.5) is 0 Å². The summed E-state index contributed by atoms with van der Waals surface area (Å²) in [5.41, 5.74) is 3.08. The van der Waals surface area contributed by atoms with E-state index in [1.54, 1.807) is 18.4 Å². The highest BCUT2D eigenvalue weighted by Gasteiger charge is 2.33. The van der Waals surface area contributed by atoms with Crippen LogP contribution in [0.3, 0.4) is 0 Å². The normalized spacial score (nSPS) is 15.9. The van der Waals surface area contributed by atoms with Gasteiger partial charge >= 0.3 is 0 Å². The number of ether oxygens (including phenoxy) is 1. The van der Waals surface area contributed by atoms with Crippen molar-refractivity contribution < 1.29 is 9.53 Å². The van der Waals surface area contributed by atoms with Crippen molar-refractivity contribution in [1.82, 2.24) is 4.90 Å². The lowest BCUT2D eigenvalue weighted by Gasteiger charge is -2.36. The Bertz CT molecular complexity index is 1180. The lowest BCUT2D eigenvalue weighted by Crippen LogP contribution is -2.40. The third-order valence-electron chi connectivity index (χ3n) is 5.65. The second-order valence-corrected chi connectivity index (χ2v) is 8.29. The number of methoxy groups -OCH3 is 1. The largest absolute Gasteiger partial charge is 0.497 e. The molecule has 3 aromatic carbocycles. The molecule has 29 heavy (non-hydrogen) atoms. The molecule has 1 atom stereocenters. The number of nitrogens with zero attached hydrogens (tertiary/aromatic N) is 1. The van der Waals surface area contributed by atoms with E-state index < -0.39 is 0 Å². The van der Waals surface area contributed by atoms with E-state index in [0.717, 1.165) is 40.6 Å². The highest BCUT2D eigenvalue weighted by Crippen LogP contribution is 2.39. The molecule has 0 spiro atoms. The van der Waals surface area contributed by atoms with Gasteiger partial charge in [-0.3, -0.25) is 4.79 Å². The van der Waals surface area contributed by atoms with Gasteiger partial charge in [-0.2, -0.15) is 0 Å². The molecule has 4 aromatic rings. The van der Waals surface area contributed by atoms with Crippen molar-refractivity contribution in [1.29, 1.82) is 0 Å². The molecule has 1 aliphatic heterocycles. The number of carbonyl (C=O) groups is 1. The minimum atomic E-state index is -0.0742. The Balaban J connectivity index is 1.56. The number of rotatable bonds is 3. The Morgan fingerprint density at radius 1 is 1.00 bits per heavy atom. The van der Waals surface area contributed by atoms with Gasteiger partial charge in [0.05, 0.1) is 13.2 Å². The molecule has 1 amide bonds. The van der Waals surface area contributed by atoms with Crippen molar-refractivity contribution in [3.63, 3.8) is 0 Å². The lowest BCUT2D eigenvalue weighted by atomic mass is 9.92. The second-order valence-electron chi connectivity index (χ2n) is 7.29. The quantitative estimate of drug-likeness (QED) is 0.442. The Morgan fingerprint density at radius 3 is 2.59 bits per heavy atom. The highest BCUT2D eigenvalue weighted by molar-refractivity contribution is 7.10. The van der Waals surface area contributed by atoms with Gasteiger partial charge in [-0.15, -0.1) is 11.3 Å². The number of amides is 1. The summed E-state index contributed by atoms with van der Waals surface area (Å²) >= 11 is 1.78. The number of carbonyl (C=O) groups excluding carboxylic acids is 1. The molecular formula is C25H21NO2S. The molecule has 0 radical (unpaired) electrons. The van der Waals surface area contributed by atoms with E-state index in [0.29, 0.717) is 0 Å². The number of fused-ring (bicyclic) bond motifs is 2. The van der Waals surface area contributed by atoms with Crippen LogP contribution in [0.5, 0.6) is 5.75 Å². The summed E-state index contributed by atoms with van der Waals surface area (Å²) in [6.07, 6.45) is 0.902. The van der Waals surface area contributed by atoms with Gasteiger partial charge in [-0.05, 0) is 64.0 Å². The molecule has 0 fully saturated rings. The second kappa shape index (κ2) is 7.37. The molecular weight excluding hydrogens is 378 g/mol. The lowest BCUT2D eigenvalue weighted by molar-refractivity contribution is 0.0696. The minimum absolute atomic E-state index is 0.0742. The van der Waals surface area contributed by atoms with Gasteiger partial charge in [0.2, 0.25) is 0 Å². The number of hydrogen-bond donors (Lipinski definition) is 0. The summed E-state index contributed by atoms with van der Waals surface area (Å²) in [5.74, 6) is 0.899. The zero-order valence-electron chi connectivity index (χ0n) is 16.2. The van der Waals surface area contributed by atoms with Crippen molar-refractivity contribution in [3.8, 4) is 5.75 Å². The van der Waals surface area contributed by atoms with E-state index in [1.165, 1.54) is 10.4 Å². The summed E-state index contributed by atoms with van der Waals surface area (Å²) in [6, 6.07) is 24.3. The summed E-state index contributed by atoms with van der Waals surface area (Å²) in [5, 5.41) is 4.37. The first-order valence-electron chi connectivity index (χ1n) is 9.74. The average molecular weight is 400 g/mol. The van der Waals surface area contributed by atoms with Crippen molar-refractivity contribution in [3.05, 3.63) is 99.7 Å². The molecule has 1 aromatic heterocycles. The van der Waals surface area contributed by atoms with E-state index >= 15 is 0 Å². The SMILES string of the molecule is COc1ccc(C2c3ccsc3CCN2C(=O)c2ccc3ccccc3c2)cc1. The van der Waals surface area contributed by atoms with Crippen LogP contribution in [-0.4, -0.2) is 24.5 Å². The maximum atomic E-state index is 13.6. The Kier molecular flexibility index (Phi) is 4.57. The molecule has 1 aliphatic rings. The highest BCUT2D eigenvalue weighted by atomic mass is 32.1. The van der Waals surface area contributed by atoms with Crippen LogP contribution >= 0.6 is 11.3 Å². The third kappa shape index (κ3) is 3.19. The van der Waals surface area contributed by atoms with Gasteiger partial charge in [0.25, 0.3) is 5.91 Å². The molecule has 5 rings (SSSR count). The number of hydrogen-bond acceptors (Lipinski definition) is 3. The van der Waals surface area contributed by atoms with Crippen LogP contribution in [0.2, 0.25) is 0 Å². The Morgan fingerprint density at radius 2 is 1.79 bits per heavy atom. The van der Waals surface area contributed by atoms with Crippen molar-refractivity contribution in [2.75, 3.05) is 13.7 Å². The summed E-state index contributed by atoms with van der Waals surface area (Å²) in [6.45, 7) is 0.718. The molecule has 2 heterocycles. The van der Waals surface area contributed by atoms with Gasteiger partial charge in [-0.25, -0.2) is 0 Å². The van der Waals surface area contributed by atoms with Crippen molar-refractivity contribution in [2.24, 2.45) is 0 Å². The molecule has 0 bridgehead atoms. The Hall–Kier alpha value is -3.11. The van der Waals surface area contributed by atoms with E-state index in [9.17, 15) is 4.79 Å². The smallest absolute Gasteiger partial charge is 0.254 e. The van der Waals surface area contributed by atoms with E-state index in [4.69, 9.17) is 4.74 Å². The van der Waals surface area contributed by atoms with Crippen molar-refractivity contribution >= 4 is 28.0 Å². The van der Waals surface area contributed by atoms with Gasteiger partial charge in [0, 0.05) is 17.0 Å². The predicted octanol–water partition coefficient (Wildman–Crippen LogP) is 5.70. The predicted molar refractivity (Wildman–Crippen MR) is 118 cm³/mol. The van der Waals surface area contributed by atoms with Crippen LogP contribution in [-0.2, 0) is 6.42 Å². The first-order chi connectivity index (χ1) is 14.2. The van der Waals surface area contributed by atoms with Gasteiger partial charge in [-0.1, -0.05) is 42.5 Å². The fraction of sp³-hybridized carbons (Fsp3) is 0.160. The summed E-state index contributed by atoms with van der Waals surface area (Å²) in [7, 11) is 1.67. The fourth-order valence-electron chi connectivity index (χ4n) is 4.17. The molecule has 0 saturated heterocycles. The molecule has 3 nitrogen and oxygen atoms in total. The molecule has 1 unspecified atom stereocenters. The van der Waals surface area contributed by atoms with Gasteiger partial charge < -0.3 is 9.64 Å². The van der Waals surface area contributed by atoms with E-state index in [1.807, 2.05) is 47.4 Å². The molecule has 144 valence electrons. The van der Waals surface area contributed by atoms with E-state index in [-0.39, 0.29) is 11.9 Å². The number of thiophene rings is 1. The maximum absolute atomic E-state index is 13.6. The first-order valence-corrected chi connectivity index (χ1v) is 10.6. The molecule has 0 aliphatic carbocycles. The average Bonchev–Trinajstić information content (AvgIpc) is 3.26. The summed E-state index contributed by atoms with van der Waals surface area (Å²) < 4.78 is 5.32. The molecule has 4 heteroatoms. The zero-order valence-corrected chi connectivity index (χ0v) is 17.0. The Labute approximate surface area is 174 Å². The van der Waals surface area contributed by atoms with E-state index in [2.05, 4.69) is 35.7 Å². The third-order valence-corrected chi connectivity index (χ3v) is 6.65. The van der Waals surface area contributed by atoms with Gasteiger partial charge in [0.1, 0.15) is 5.75 Å². The zero-order chi connectivity index (χ0) is 19.8. The number of benzene rings is 3. The topological polar surface area (TPSA) is 29.5 Å². The summed E-state index contributed by atoms with van der Waals surface area (Å²) in [4.78, 5) is 17.0. The van der Waals surface area contributed by atoms with Crippen LogP contribution in [0.25, 0.3) is 10.8 Å². The molecule has 0 N–H and O–H groups in total. The van der Waals surface area contributed by atoms with Crippen molar-refractivity contribution in [2.45, 2.75) is 12.5 Å².